The van der Waals surface area contributed by atoms with Crippen molar-refractivity contribution in [3.63, 3.8) is 0 Å². The molecule has 1 heterocycles. The van der Waals surface area contributed by atoms with Gasteiger partial charge in [-0.2, -0.15) is 0 Å². The summed E-state index contributed by atoms with van der Waals surface area (Å²) in [5.74, 6) is 0.558. The Labute approximate surface area is 127 Å². The summed E-state index contributed by atoms with van der Waals surface area (Å²) >= 11 is 0. The van der Waals surface area contributed by atoms with Crippen LogP contribution in [0.2, 0.25) is 0 Å². The minimum Gasteiger partial charge on any atom is -0.508 e. The Hall–Kier alpha value is -3.08. The topological polar surface area (TPSA) is 78.0 Å². The quantitative estimate of drug-likeness (QED) is 0.648. The molecule has 0 unspecified atom stereocenters. The summed E-state index contributed by atoms with van der Waals surface area (Å²) in [5, 5.41) is 12.5. The molecule has 0 atom stereocenters. The summed E-state index contributed by atoms with van der Waals surface area (Å²) < 4.78 is 0. The van der Waals surface area contributed by atoms with Gasteiger partial charge in [-0.3, -0.25) is 9.78 Å². The standard InChI is InChI=1S/C17H15N3O2/c1-11-9-13(21)7-8-14(11)18-17-19-15(10-16(22)20-17)12-5-3-2-4-6-12/h2-10,21H,1H3,(H2,18,19,20,22). The molecule has 5 heteroatoms. The molecule has 1 aromatic heterocycles. The molecular weight excluding hydrogens is 278 g/mol. The molecule has 0 radical (unpaired) electrons. The van der Waals surface area contributed by atoms with E-state index in [0.717, 1.165) is 16.8 Å². The number of rotatable bonds is 3. The lowest BCUT2D eigenvalue weighted by Gasteiger charge is -2.10. The Morgan fingerprint density at radius 1 is 1.09 bits per heavy atom. The summed E-state index contributed by atoms with van der Waals surface area (Å²) in [5.41, 5.74) is 2.87. The van der Waals surface area contributed by atoms with Crippen molar-refractivity contribution in [2.45, 2.75) is 6.92 Å². The van der Waals surface area contributed by atoms with Gasteiger partial charge in [0.05, 0.1) is 5.69 Å². The Morgan fingerprint density at radius 3 is 2.59 bits per heavy atom. The van der Waals surface area contributed by atoms with Crippen molar-refractivity contribution in [2.75, 3.05) is 5.32 Å². The maximum absolute atomic E-state index is 11.8. The molecule has 3 rings (SSSR count). The number of nitrogens with one attached hydrogen (secondary N) is 2. The number of hydrogen-bond donors (Lipinski definition) is 3. The highest BCUT2D eigenvalue weighted by Gasteiger charge is 2.06. The zero-order valence-electron chi connectivity index (χ0n) is 12.0. The van der Waals surface area contributed by atoms with Crippen molar-refractivity contribution in [1.82, 2.24) is 9.97 Å². The van der Waals surface area contributed by atoms with Crippen LogP contribution in [0.1, 0.15) is 5.56 Å². The molecule has 5 nitrogen and oxygen atoms in total. The first kappa shape index (κ1) is 13.9. The monoisotopic (exact) mass is 293 g/mol. The van der Waals surface area contributed by atoms with Crippen molar-refractivity contribution >= 4 is 11.6 Å². The highest BCUT2D eigenvalue weighted by molar-refractivity contribution is 5.63. The number of benzene rings is 2. The first-order chi connectivity index (χ1) is 10.6. The minimum atomic E-state index is -0.229. The maximum atomic E-state index is 11.8. The van der Waals surface area contributed by atoms with E-state index in [9.17, 15) is 9.90 Å². The molecule has 3 N–H and O–H groups in total. The Kier molecular flexibility index (Phi) is 3.62. The molecule has 0 aliphatic rings. The zero-order chi connectivity index (χ0) is 15.5. The van der Waals surface area contributed by atoms with Gasteiger partial charge in [0.15, 0.2) is 0 Å². The number of nitrogens with zero attached hydrogens (tertiary/aromatic N) is 1. The summed E-state index contributed by atoms with van der Waals surface area (Å²) in [6.45, 7) is 1.86. The maximum Gasteiger partial charge on any atom is 0.252 e. The lowest BCUT2D eigenvalue weighted by Crippen LogP contribution is -2.10. The second kappa shape index (κ2) is 5.73. The molecule has 3 aromatic rings. The number of anilines is 2. The second-order valence-electron chi connectivity index (χ2n) is 4.97. The fourth-order valence-corrected chi connectivity index (χ4v) is 2.19. The van der Waals surface area contributed by atoms with Gasteiger partial charge in [0.2, 0.25) is 5.95 Å². The predicted molar refractivity (Wildman–Crippen MR) is 86.4 cm³/mol. The van der Waals surface area contributed by atoms with Gasteiger partial charge in [-0.15, -0.1) is 0 Å². The van der Waals surface area contributed by atoms with E-state index in [2.05, 4.69) is 15.3 Å². The van der Waals surface area contributed by atoms with Crippen LogP contribution < -0.4 is 10.9 Å². The molecule has 2 aromatic carbocycles. The van der Waals surface area contributed by atoms with Crippen molar-refractivity contribution in [2.24, 2.45) is 0 Å². The third kappa shape index (κ3) is 2.98. The van der Waals surface area contributed by atoms with Crippen molar-refractivity contribution in [3.05, 3.63) is 70.5 Å². The van der Waals surface area contributed by atoms with Crippen LogP contribution in [-0.4, -0.2) is 15.1 Å². The van der Waals surface area contributed by atoms with E-state index in [1.165, 1.54) is 6.07 Å². The van der Waals surface area contributed by atoms with E-state index in [1.54, 1.807) is 18.2 Å². The molecule has 0 fully saturated rings. The van der Waals surface area contributed by atoms with Crippen molar-refractivity contribution in [1.29, 1.82) is 0 Å². The summed E-state index contributed by atoms with van der Waals surface area (Å²) in [4.78, 5) is 18.9. The van der Waals surface area contributed by atoms with E-state index in [0.29, 0.717) is 11.6 Å². The van der Waals surface area contributed by atoms with Crippen LogP contribution in [0.25, 0.3) is 11.3 Å². The third-order valence-electron chi connectivity index (χ3n) is 3.27. The summed E-state index contributed by atoms with van der Waals surface area (Å²) in [6.07, 6.45) is 0. The SMILES string of the molecule is Cc1cc(O)ccc1Nc1nc(-c2ccccc2)cc(=O)[nH]1. The van der Waals surface area contributed by atoms with Gasteiger partial charge < -0.3 is 10.4 Å². The van der Waals surface area contributed by atoms with E-state index >= 15 is 0 Å². The molecule has 0 amide bonds. The van der Waals surface area contributed by atoms with E-state index in [-0.39, 0.29) is 11.3 Å². The summed E-state index contributed by atoms with van der Waals surface area (Å²) in [6, 6.07) is 15.9. The molecule has 22 heavy (non-hydrogen) atoms. The Balaban J connectivity index is 1.98. The van der Waals surface area contributed by atoms with Crippen LogP contribution in [0.4, 0.5) is 11.6 Å². The number of phenolic OH excluding ortho intramolecular Hbond substituents is 1. The fourth-order valence-electron chi connectivity index (χ4n) is 2.19. The normalized spacial score (nSPS) is 10.4. The number of aromatic hydroxyl groups is 1. The third-order valence-corrected chi connectivity index (χ3v) is 3.27. The first-order valence-electron chi connectivity index (χ1n) is 6.85. The number of phenols is 1. The Morgan fingerprint density at radius 2 is 1.86 bits per heavy atom. The van der Waals surface area contributed by atoms with Gasteiger partial charge >= 0.3 is 0 Å². The number of aromatic nitrogens is 2. The molecule has 110 valence electrons. The minimum absolute atomic E-state index is 0.197. The van der Waals surface area contributed by atoms with E-state index in [1.807, 2.05) is 37.3 Å². The van der Waals surface area contributed by atoms with Crippen molar-refractivity contribution in [3.8, 4) is 17.0 Å². The van der Waals surface area contributed by atoms with Gasteiger partial charge in [0.25, 0.3) is 5.56 Å². The molecule has 0 saturated carbocycles. The Bertz CT molecular complexity index is 857. The average molecular weight is 293 g/mol. The smallest absolute Gasteiger partial charge is 0.252 e. The van der Waals surface area contributed by atoms with Gasteiger partial charge in [-0.1, -0.05) is 30.3 Å². The lowest BCUT2D eigenvalue weighted by atomic mass is 10.1. The molecule has 0 saturated heterocycles. The number of H-pyrrole nitrogens is 1. The largest absolute Gasteiger partial charge is 0.508 e. The fraction of sp³-hybridized carbons (Fsp3) is 0.0588. The number of aryl methyl sites for hydroxylation is 1. The van der Waals surface area contributed by atoms with Gasteiger partial charge in [-0.05, 0) is 30.7 Å². The van der Waals surface area contributed by atoms with Crippen molar-refractivity contribution < 1.29 is 5.11 Å². The van der Waals surface area contributed by atoms with Crippen LogP contribution in [0.5, 0.6) is 5.75 Å². The first-order valence-corrected chi connectivity index (χ1v) is 6.85. The van der Waals surface area contributed by atoms with Crippen LogP contribution in [0.15, 0.2) is 59.4 Å². The number of hydrogen-bond acceptors (Lipinski definition) is 4. The molecule has 0 aliphatic heterocycles. The van der Waals surface area contributed by atoms with E-state index in [4.69, 9.17) is 0 Å². The molecule has 0 spiro atoms. The van der Waals surface area contributed by atoms with Gasteiger partial charge in [-0.25, -0.2) is 4.98 Å². The van der Waals surface area contributed by atoms with Gasteiger partial charge in [0.1, 0.15) is 5.75 Å². The molecule has 0 aliphatic carbocycles. The van der Waals surface area contributed by atoms with Crippen LogP contribution >= 0.6 is 0 Å². The second-order valence-corrected chi connectivity index (χ2v) is 4.97. The van der Waals surface area contributed by atoms with Crippen LogP contribution in [0, 0.1) is 6.92 Å². The molecule has 0 bridgehead atoms. The predicted octanol–water partition coefficient (Wildman–Crippen LogP) is 3.19. The molecular formula is C17H15N3O2. The lowest BCUT2D eigenvalue weighted by molar-refractivity contribution is 0.475. The number of aromatic amines is 1. The van der Waals surface area contributed by atoms with Crippen LogP contribution in [-0.2, 0) is 0 Å². The van der Waals surface area contributed by atoms with Gasteiger partial charge in [0, 0.05) is 17.3 Å². The highest BCUT2D eigenvalue weighted by Crippen LogP contribution is 2.23. The summed E-state index contributed by atoms with van der Waals surface area (Å²) in [7, 11) is 0. The van der Waals surface area contributed by atoms with Crippen LogP contribution in [0.3, 0.4) is 0 Å². The zero-order valence-corrected chi connectivity index (χ0v) is 12.0. The van der Waals surface area contributed by atoms with E-state index < -0.39 is 0 Å². The average Bonchev–Trinajstić information content (AvgIpc) is 2.50. The highest BCUT2D eigenvalue weighted by atomic mass is 16.3.